The summed E-state index contributed by atoms with van der Waals surface area (Å²) in [5, 5.41) is 23.0. The Hall–Kier alpha value is -4.02. The average Bonchev–Trinajstić information content (AvgIpc) is 2.73. The van der Waals surface area contributed by atoms with Gasteiger partial charge in [-0.25, -0.2) is 4.98 Å². The Kier molecular flexibility index (Phi) is 4.55. The minimum atomic E-state index is -0.518. The lowest BCUT2D eigenvalue weighted by molar-refractivity contribution is -0.384. The monoisotopic (exact) mass is 396 g/mol. The van der Waals surface area contributed by atoms with Crippen LogP contribution in [-0.2, 0) is 0 Å². The molecule has 0 atom stereocenters. The second kappa shape index (κ2) is 7.19. The number of nitro benzene ring substituents is 2. The molecule has 29 heavy (non-hydrogen) atoms. The van der Waals surface area contributed by atoms with Gasteiger partial charge in [0.2, 0.25) is 0 Å². The van der Waals surface area contributed by atoms with Crippen LogP contribution in [0.4, 0.5) is 22.7 Å². The molecule has 1 saturated heterocycles. The minimum absolute atomic E-state index is 0.0288. The number of fused-ring (bicyclic) bond motifs is 1. The largest absolute Gasteiger partial charge is 0.362 e. The van der Waals surface area contributed by atoms with Crippen LogP contribution in [0.1, 0.15) is 0 Å². The van der Waals surface area contributed by atoms with E-state index in [1.807, 2.05) is 9.80 Å². The number of hydrogen-bond acceptors (Lipinski definition) is 8. The fraction of sp³-hybridized carbons (Fsp3) is 0.222. The van der Waals surface area contributed by atoms with Crippen molar-refractivity contribution in [3.63, 3.8) is 0 Å². The van der Waals surface area contributed by atoms with Gasteiger partial charge in [0.15, 0.2) is 0 Å². The number of nitrogens with one attached hydrogen (secondary N) is 1. The third-order valence-electron chi connectivity index (χ3n) is 4.97. The number of piperazine rings is 1. The van der Waals surface area contributed by atoms with Gasteiger partial charge in [-0.1, -0.05) is 12.1 Å². The second-order valence-corrected chi connectivity index (χ2v) is 6.57. The van der Waals surface area contributed by atoms with Crippen molar-refractivity contribution in [1.29, 1.82) is 0 Å². The Morgan fingerprint density at radius 1 is 0.897 bits per heavy atom. The van der Waals surface area contributed by atoms with Gasteiger partial charge >= 0.3 is 0 Å². The van der Waals surface area contributed by atoms with Crippen molar-refractivity contribution in [2.75, 3.05) is 36.0 Å². The Morgan fingerprint density at radius 2 is 1.52 bits per heavy atom. The van der Waals surface area contributed by atoms with Crippen molar-refractivity contribution in [1.82, 2.24) is 9.97 Å². The zero-order valence-corrected chi connectivity index (χ0v) is 15.1. The number of para-hydroxylation sites is 2. The first kappa shape index (κ1) is 18.3. The Balaban J connectivity index is 1.64. The first-order valence-electron chi connectivity index (χ1n) is 8.85. The highest BCUT2D eigenvalue weighted by Crippen LogP contribution is 2.34. The number of benzene rings is 2. The van der Waals surface area contributed by atoms with Crippen molar-refractivity contribution in [2.24, 2.45) is 0 Å². The molecule has 148 valence electrons. The van der Waals surface area contributed by atoms with Crippen LogP contribution in [0, 0.1) is 20.2 Å². The molecular formula is C18H16N6O5. The summed E-state index contributed by atoms with van der Waals surface area (Å²) >= 11 is 0. The highest BCUT2D eigenvalue weighted by Gasteiger charge is 2.27. The van der Waals surface area contributed by atoms with Gasteiger partial charge in [0.1, 0.15) is 11.4 Å². The van der Waals surface area contributed by atoms with Crippen LogP contribution in [0.3, 0.4) is 0 Å². The first-order valence-corrected chi connectivity index (χ1v) is 8.85. The van der Waals surface area contributed by atoms with Crippen LogP contribution >= 0.6 is 0 Å². The van der Waals surface area contributed by atoms with Crippen LogP contribution in [-0.4, -0.2) is 46.0 Å². The van der Waals surface area contributed by atoms with Crippen LogP contribution in [0.15, 0.2) is 47.5 Å². The molecule has 0 unspecified atom stereocenters. The van der Waals surface area contributed by atoms with Crippen molar-refractivity contribution in [3.05, 3.63) is 73.3 Å². The molecule has 0 bridgehead atoms. The lowest BCUT2D eigenvalue weighted by Crippen LogP contribution is -2.46. The summed E-state index contributed by atoms with van der Waals surface area (Å²) in [5.41, 5.74) is 0.693. The van der Waals surface area contributed by atoms with E-state index >= 15 is 0 Å². The molecule has 1 aromatic heterocycles. The Labute approximate surface area is 163 Å². The summed E-state index contributed by atoms with van der Waals surface area (Å²) < 4.78 is 0. The summed E-state index contributed by atoms with van der Waals surface area (Å²) in [7, 11) is 0. The third-order valence-corrected chi connectivity index (χ3v) is 4.97. The van der Waals surface area contributed by atoms with Crippen molar-refractivity contribution in [2.45, 2.75) is 0 Å². The molecule has 0 amide bonds. The third kappa shape index (κ3) is 3.33. The number of nitrogens with zero attached hydrogens (tertiary/aromatic N) is 5. The van der Waals surface area contributed by atoms with Gasteiger partial charge in [0, 0.05) is 38.3 Å². The molecular weight excluding hydrogens is 380 g/mol. The van der Waals surface area contributed by atoms with Crippen molar-refractivity contribution >= 4 is 33.7 Å². The fourth-order valence-electron chi connectivity index (χ4n) is 3.57. The predicted octanol–water partition coefficient (Wildman–Crippen LogP) is 2.07. The molecule has 0 saturated carbocycles. The molecule has 4 rings (SSSR count). The van der Waals surface area contributed by atoms with E-state index in [-0.39, 0.29) is 16.8 Å². The number of rotatable bonds is 4. The molecule has 0 spiro atoms. The van der Waals surface area contributed by atoms with E-state index in [0.29, 0.717) is 43.1 Å². The molecule has 3 aromatic rings. The van der Waals surface area contributed by atoms with Gasteiger partial charge in [0.25, 0.3) is 16.9 Å². The first-order chi connectivity index (χ1) is 14.0. The Bertz CT molecular complexity index is 1170. The van der Waals surface area contributed by atoms with Crippen LogP contribution in [0.25, 0.3) is 10.9 Å². The number of nitro groups is 2. The van der Waals surface area contributed by atoms with Gasteiger partial charge in [-0.15, -0.1) is 0 Å². The van der Waals surface area contributed by atoms with E-state index < -0.39 is 15.4 Å². The maximum atomic E-state index is 11.9. The lowest BCUT2D eigenvalue weighted by Gasteiger charge is -2.36. The lowest BCUT2D eigenvalue weighted by atomic mass is 10.1. The van der Waals surface area contributed by atoms with Crippen molar-refractivity contribution in [3.8, 4) is 0 Å². The van der Waals surface area contributed by atoms with Gasteiger partial charge in [-0.3, -0.25) is 25.0 Å². The van der Waals surface area contributed by atoms with Gasteiger partial charge in [-0.05, 0) is 12.1 Å². The fourth-order valence-corrected chi connectivity index (χ4v) is 3.57. The van der Waals surface area contributed by atoms with E-state index in [0.717, 1.165) is 0 Å². The number of H-pyrrole nitrogens is 1. The molecule has 0 radical (unpaired) electrons. The maximum absolute atomic E-state index is 11.9. The van der Waals surface area contributed by atoms with Crippen molar-refractivity contribution < 1.29 is 9.85 Å². The second-order valence-electron chi connectivity index (χ2n) is 6.57. The highest BCUT2D eigenvalue weighted by molar-refractivity contribution is 5.87. The van der Waals surface area contributed by atoms with Crippen LogP contribution in [0.2, 0.25) is 0 Å². The average molecular weight is 396 g/mol. The zero-order valence-electron chi connectivity index (χ0n) is 15.1. The summed E-state index contributed by atoms with van der Waals surface area (Å²) in [4.78, 5) is 44.1. The summed E-state index contributed by atoms with van der Waals surface area (Å²) in [6.07, 6.45) is 1.26. The molecule has 1 fully saturated rings. The quantitative estimate of drug-likeness (QED) is 0.522. The number of aromatic amines is 1. The SMILES string of the molecule is O=c1[nH]cnc2cc(N3CCN(c4ccccc4[N+](=O)[O-])CC3)c([N+](=O)[O-])cc12. The predicted molar refractivity (Wildman–Crippen MR) is 107 cm³/mol. The van der Waals surface area contributed by atoms with Gasteiger partial charge in [-0.2, -0.15) is 0 Å². The minimum Gasteiger partial charge on any atom is -0.362 e. The molecule has 1 aliphatic heterocycles. The number of aromatic nitrogens is 2. The zero-order chi connectivity index (χ0) is 20.5. The molecule has 11 heteroatoms. The van der Waals surface area contributed by atoms with E-state index in [4.69, 9.17) is 0 Å². The molecule has 0 aliphatic carbocycles. The van der Waals surface area contributed by atoms with E-state index in [9.17, 15) is 25.0 Å². The van der Waals surface area contributed by atoms with Gasteiger partial charge in [0.05, 0.1) is 27.1 Å². The van der Waals surface area contributed by atoms with E-state index in [2.05, 4.69) is 9.97 Å². The molecule has 1 aliphatic rings. The summed E-state index contributed by atoms with van der Waals surface area (Å²) in [6, 6.07) is 9.30. The number of anilines is 2. The standard InChI is InChI=1S/C18H16N6O5/c25-18-12-9-17(24(28)29)16(10-13(12)19-11-20-18)22-7-5-21(6-8-22)14-3-1-2-4-15(14)23(26)27/h1-4,9-11H,5-8H2,(H,19,20,25). The highest BCUT2D eigenvalue weighted by atomic mass is 16.6. The van der Waals surface area contributed by atoms with Gasteiger partial charge < -0.3 is 14.8 Å². The molecule has 1 N–H and O–H groups in total. The normalized spacial score (nSPS) is 14.2. The van der Waals surface area contributed by atoms with Crippen LogP contribution < -0.4 is 15.4 Å². The van der Waals surface area contributed by atoms with Crippen LogP contribution in [0.5, 0.6) is 0 Å². The topological polar surface area (TPSA) is 139 Å². The maximum Gasteiger partial charge on any atom is 0.293 e. The molecule has 11 nitrogen and oxygen atoms in total. The summed E-state index contributed by atoms with van der Waals surface area (Å²) in [5.74, 6) is 0. The molecule has 2 aromatic carbocycles. The van der Waals surface area contributed by atoms with E-state index in [1.54, 1.807) is 24.3 Å². The number of hydrogen-bond donors (Lipinski definition) is 1. The summed E-state index contributed by atoms with van der Waals surface area (Å²) in [6.45, 7) is 1.79. The Morgan fingerprint density at radius 3 is 2.17 bits per heavy atom. The van der Waals surface area contributed by atoms with E-state index in [1.165, 1.54) is 18.5 Å². The smallest absolute Gasteiger partial charge is 0.293 e. The molecule has 2 heterocycles.